The van der Waals surface area contributed by atoms with Gasteiger partial charge in [-0.25, -0.2) is 0 Å². The molecule has 592 valence electrons. The molecule has 0 unspecified atom stereocenters. The van der Waals surface area contributed by atoms with Crippen molar-refractivity contribution in [1.29, 1.82) is 0 Å². The molecule has 0 radical (unpaired) electrons. The number of hydrogen-bond acceptors (Lipinski definition) is 14. The first-order valence-corrected chi connectivity index (χ1v) is 46.7. The van der Waals surface area contributed by atoms with Gasteiger partial charge in [0.15, 0.2) is 0 Å². The molecule has 8 atom stereocenters. The second-order valence-corrected chi connectivity index (χ2v) is 43.0. The minimum absolute atomic E-state index is 0.0287. The summed E-state index contributed by atoms with van der Waals surface area (Å²) in [5.74, 6) is 14.1. The van der Waals surface area contributed by atoms with E-state index in [1.165, 1.54) is 79.2 Å². The van der Waals surface area contributed by atoms with Crippen LogP contribution in [0.25, 0.3) is 0 Å². The SMILES string of the molecule is CC(C)(C)[Si](OC[C@H]1CC[N+]2=C(N1)N[C@@H](CSC[C@H]1CC[N+]3=C(N1)N[C@@H](CSC[C@H]1CC[N+]4=C(N[C@@H](CSC[C@H]5CC[N+]6=C(N[C@@H](CSCCN)CC6)N5)CC4)N1)CC3)CC2)(c1ccccc1)c1ccccc1.F[P-](F)(F)(F)(F)F.F[P-](F)(F)(F)(F)F.F[P-](F)(F)(F)(F)F.F[P-](F)(F)(F)(F)F. The summed E-state index contributed by atoms with van der Waals surface area (Å²) >= 11 is 8.34. The number of nitrogens with two attached hydrogens (primary N) is 1. The first kappa shape index (κ1) is 87.0. The molecule has 8 heterocycles. The van der Waals surface area contributed by atoms with Crippen molar-refractivity contribution in [3.8, 4) is 0 Å². The van der Waals surface area contributed by atoms with E-state index in [9.17, 15) is 101 Å². The van der Waals surface area contributed by atoms with Crippen LogP contribution in [0.5, 0.6) is 0 Å². The molecular formula is C54H89F24N13OP4S4Si. The molecule has 101 heavy (non-hydrogen) atoms. The number of halogens is 24. The molecule has 0 bridgehead atoms. The van der Waals surface area contributed by atoms with Crippen molar-refractivity contribution in [2.45, 2.75) is 126 Å². The second-order valence-electron chi connectivity index (χ2n) is 26.7. The number of nitrogens with zero attached hydrogens (tertiary/aromatic N) is 4. The number of hydrogen-bond donors (Lipinski definition) is 9. The molecule has 0 saturated heterocycles. The van der Waals surface area contributed by atoms with E-state index < -0.39 is 39.6 Å². The van der Waals surface area contributed by atoms with Gasteiger partial charge in [0.25, 0.3) is 8.32 Å². The minimum atomic E-state index is -10.7. The van der Waals surface area contributed by atoms with Crippen molar-refractivity contribution >= 4 is 121 Å². The maximum atomic E-state index is 9.87. The molecule has 14 nitrogen and oxygen atoms in total. The van der Waals surface area contributed by atoms with Crippen molar-refractivity contribution in [1.82, 2.24) is 42.5 Å². The summed E-state index contributed by atoms with van der Waals surface area (Å²) in [6.07, 6.45) is 9.57. The average molecular weight is 1670 g/mol. The standard InChI is InChI=1S/C54H85N13OS4Si.4F6P/c1-54(2,3)73(48-10-6-4-7-11-48,49-12-8-5-9-13-49)68-32-40-14-23-64-25-16-42(58-50(64)56-40)34-70-36-44-18-27-66-29-20-46(62-52(66)60-44)38-72-39-47-21-30-67-28-19-45(61-53(67)63-47)37-71-35-43-17-26-65-24-15-41(33-69-31-22-55)57-51(65)59-43;4*1-7(2,3,4,5)6/h4-13,40-47H,14-39,55H2,1-3H3,(H4,56,57,58,59,60,61,62,63);;;;/q;4*-1/p+4/t40-,41-,42-,43-,44-,45-,46-,47-;;;;/m1..../s1. The van der Waals surface area contributed by atoms with E-state index in [1.54, 1.807) is 0 Å². The van der Waals surface area contributed by atoms with Crippen LogP contribution in [0, 0.1) is 0 Å². The van der Waals surface area contributed by atoms with Gasteiger partial charge in [-0.1, -0.05) is 81.4 Å². The molecule has 0 spiro atoms. The van der Waals surface area contributed by atoms with Crippen molar-refractivity contribution in [2.75, 3.05) is 112 Å². The van der Waals surface area contributed by atoms with E-state index in [0.29, 0.717) is 48.9 Å². The van der Waals surface area contributed by atoms with Crippen molar-refractivity contribution < 1.29 is 123 Å². The topological polar surface area (TPSA) is 144 Å². The van der Waals surface area contributed by atoms with E-state index in [-0.39, 0.29) is 11.1 Å². The third-order valence-corrected chi connectivity index (χ3v) is 26.4. The van der Waals surface area contributed by atoms with Crippen LogP contribution in [0.3, 0.4) is 0 Å². The molecule has 0 aliphatic carbocycles. The van der Waals surface area contributed by atoms with Gasteiger partial charge in [0.1, 0.15) is 0 Å². The Kier molecular flexibility index (Phi) is 26.1. The van der Waals surface area contributed by atoms with Crippen LogP contribution in [0.2, 0.25) is 5.04 Å². The summed E-state index contributed by atoms with van der Waals surface area (Å²) in [7, 11) is -45.2. The number of nitrogens with one attached hydrogen (secondary N) is 8. The van der Waals surface area contributed by atoms with Gasteiger partial charge in [-0.3, -0.25) is 60.8 Å². The van der Waals surface area contributed by atoms with Gasteiger partial charge in [0.2, 0.25) is 0 Å². The van der Waals surface area contributed by atoms with Crippen LogP contribution in [-0.4, -0.2) is 210 Å². The maximum absolute atomic E-state index is 10.7. The van der Waals surface area contributed by atoms with Gasteiger partial charge < -0.3 is 10.2 Å². The van der Waals surface area contributed by atoms with E-state index in [4.69, 9.17) is 10.2 Å². The van der Waals surface area contributed by atoms with Gasteiger partial charge in [-0.2, -0.15) is 47.0 Å². The summed E-state index contributed by atoms with van der Waals surface area (Å²) in [5, 5.41) is 34.0. The molecule has 2 aromatic carbocycles. The Morgan fingerprint density at radius 3 is 0.762 bits per heavy atom. The Bertz CT molecular complexity index is 3050. The van der Waals surface area contributed by atoms with Crippen LogP contribution < -0.4 is 58.6 Å². The van der Waals surface area contributed by atoms with Crippen LogP contribution in [0.4, 0.5) is 101 Å². The number of benzene rings is 2. The number of rotatable bonds is 21. The number of guanidine groups is 4. The molecule has 2 aromatic rings. The fourth-order valence-electron chi connectivity index (χ4n) is 12.2. The molecular weight excluding hydrogens is 1580 g/mol. The molecule has 0 aromatic heterocycles. The van der Waals surface area contributed by atoms with Crippen molar-refractivity contribution in [3.63, 3.8) is 0 Å². The Morgan fingerprint density at radius 2 is 0.554 bits per heavy atom. The zero-order valence-electron chi connectivity index (χ0n) is 55.0. The summed E-state index contributed by atoms with van der Waals surface area (Å²) in [5.41, 5.74) is 5.73. The molecule has 10 rings (SSSR count). The van der Waals surface area contributed by atoms with E-state index in [0.717, 1.165) is 111 Å². The Labute approximate surface area is 587 Å². The van der Waals surface area contributed by atoms with Gasteiger partial charge in [0, 0.05) is 104 Å². The third kappa shape index (κ3) is 38.5. The van der Waals surface area contributed by atoms with Gasteiger partial charge >= 0.3 is 156 Å². The van der Waals surface area contributed by atoms with Crippen LogP contribution in [0.1, 0.15) is 72.1 Å². The van der Waals surface area contributed by atoms with Crippen LogP contribution >= 0.6 is 78.3 Å². The Balaban J connectivity index is 0.000000482. The normalized spacial score (nSPS) is 26.9. The molecule has 8 aliphatic heterocycles. The van der Waals surface area contributed by atoms with Gasteiger partial charge in [-0.05, 0) is 15.4 Å². The first-order chi connectivity index (χ1) is 45.5. The number of thioether (sulfide) groups is 4. The zero-order valence-corrected chi connectivity index (χ0v) is 62.9. The van der Waals surface area contributed by atoms with Crippen molar-refractivity contribution in [2.24, 2.45) is 5.73 Å². The molecule has 10 N–H and O–H groups in total. The van der Waals surface area contributed by atoms with E-state index >= 15 is 0 Å². The second kappa shape index (κ2) is 30.3. The fraction of sp³-hybridized carbons (Fsp3) is 0.704. The van der Waals surface area contributed by atoms with Crippen LogP contribution in [-0.2, 0) is 4.43 Å². The summed E-state index contributed by atoms with van der Waals surface area (Å²) in [6.45, 7) is 17.7. The van der Waals surface area contributed by atoms with E-state index in [2.05, 4.69) is 178 Å². The first-order valence-electron chi connectivity index (χ1n) is 32.1. The monoisotopic (exact) mass is 1670 g/mol. The fourth-order valence-corrected chi connectivity index (χ4v) is 21.3. The summed E-state index contributed by atoms with van der Waals surface area (Å²) < 4.78 is 254. The van der Waals surface area contributed by atoms with Crippen LogP contribution in [0.15, 0.2) is 60.7 Å². The summed E-state index contributed by atoms with van der Waals surface area (Å²) in [6, 6.07) is 26.0. The quantitative estimate of drug-likeness (QED) is 0.0192. The van der Waals surface area contributed by atoms with Crippen molar-refractivity contribution in [3.05, 3.63) is 60.7 Å². The zero-order chi connectivity index (χ0) is 75.7. The molecule has 0 amide bonds. The average Bonchev–Trinajstić information content (AvgIpc) is 0.740. The predicted octanol–water partition coefficient (Wildman–Crippen LogP) is 15.4. The Morgan fingerprint density at radius 1 is 0.356 bits per heavy atom. The predicted molar refractivity (Wildman–Crippen MR) is 369 cm³/mol. The van der Waals surface area contributed by atoms with Gasteiger partial charge in [0.05, 0.1) is 107 Å². The van der Waals surface area contributed by atoms with E-state index in [1.807, 2.05) is 11.8 Å². The molecule has 47 heteroatoms. The van der Waals surface area contributed by atoms with Gasteiger partial charge in [-0.15, -0.1) is 0 Å². The molecule has 8 aliphatic rings. The molecule has 0 fully saturated rings. The Hall–Kier alpha value is -2.90. The third-order valence-electron chi connectivity index (χ3n) is 16.4. The molecule has 0 saturated carbocycles. The summed E-state index contributed by atoms with van der Waals surface area (Å²) in [4.78, 5) is 0.